The van der Waals surface area contributed by atoms with Crippen molar-refractivity contribution in [2.75, 3.05) is 6.54 Å². The molecule has 0 aromatic heterocycles. The summed E-state index contributed by atoms with van der Waals surface area (Å²) in [7, 11) is 0. The van der Waals surface area contributed by atoms with E-state index in [1.165, 1.54) is 6.08 Å². The average molecular weight is 114 g/mol. The van der Waals surface area contributed by atoms with Gasteiger partial charge in [0.2, 0.25) is 6.08 Å². The van der Waals surface area contributed by atoms with Crippen LogP contribution in [-0.4, -0.2) is 23.5 Å². The second kappa shape index (κ2) is 4.02. The highest BCUT2D eigenvalue weighted by Gasteiger charge is 1.84. The highest BCUT2D eigenvalue weighted by Crippen LogP contribution is 1.73. The van der Waals surface area contributed by atoms with Crippen LogP contribution in [0.15, 0.2) is 10.1 Å². The maximum Gasteiger partial charge on any atom is 0.235 e. The van der Waals surface area contributed by atoms with Gasteiger partial charge >= 0.3 is 0 Å². The van der Waals surface area contributed by atoms with Gasteiger partial charge in [0.15, 0.2) is 0 Å². The molecule has 0 aromatic carbocycles. The second-order valence-electron chi connectivity index (χ2n) is 1.24. The summed E-state index contributed by atoms with van der Waals surface area (Å²) in [6.07, 6.45) is 1.32. The summed E-state index contributed by atoms with van der Waals surface area (Å²) in [6.45, 7) is 1.68. The highest BCUT2D eigenvalue weighted by molar-refractivity contribution is 5.83. The molecule has 0 aromatic rings. The molecule has 0 bridgehead atoms. The van der Waals surface area contributed by atoms with Crippen molar-refractivity contribution < 1.29 is 10.0 Å². The molecular formula is C4H6N2O2. The maximum absolute atomic E-state index is 9.40. The Morgan fingerprint density at radius 1 is 1.88 bits per heavy atom. The zero-order chi connectivity index (χ0) is 6.41. The number of aliphatic imine (C=N–C) groups is 1. The lowest BCUT2D eigenvalue weighted by Crippen LogP contribution is -1.94. The standard InChI is InChI=1S/C4H6N2O2/c1-4(6-8)2-5-3-7/h8H,2H2,1H3/b6-4+. The Labute approximate surface area is 46.5 Å². The Morgan fingerprint density at radius 3 is 2.88 bits per heavy atom. The Balaban J connectivity index is 3.55. The number of hydrogen-bond donors (Lipinski definition) is 1. The molecule has 0 unspecified atom stereocenters. The molecule has 0 aliphatic heterocycles. The normalized spacial score (nSPS) is 10.4. The van der Waals surface area contributed by atoms with Gasteiger partial charge in [-0.25, -0.2) is 4.79 Å². The molecule has 0 fully saturated rings. The molecule has 0 saturated carbocycles. The Hall–Kier alpha value is -1.15. The van der Waals surface area contributed by atoms with Gasteiger partial charge in [0.25, 0.3) is 0 Å². The summed E-state index contributed by atoms with van der Waals surface area (Å²) in [4.78, 5) is 12.5. The molecule has 0 atom stereocenters. The predicted octanol–water partition coefficient (Wildman–Crippen LogP) is 0.172. The lowest BCUT2D eigenvalue weighted by Gasteiger charge is -1.82. The molecule has 1 N–H and O–H groups in total. The average Bonchev–Trinajstić information content (AvgIpc) is 1.83. The molecule has 8 heavy (non-hydrogen) atoms. The molecule has 4 nitrogen and oxygen atoms in total. The van der Waals surface area contributed by atoms with Crippen molar-refractivity contribution in [1.29, 1.82) is 0 Å². The first-order valence-corrected chi connectivity index (χ1v) is 2.02. The van der Waals surface area contributed by atoms with Crippen LogP contribution < -0.4 is 0 Å². The summed E-state index contributed by atoms with van der Waals surface area (Å²) >= 11 is 0. The first kappa shape index (κ1) is 6.85. The van der Waals surface area contributed by atoms with E-state index in [1.807, 2.05) is 0 Å². The summed E-state index contributed by atoms with van der Waals surface area (Å²) in [5.74, 6) is 0. The third-order valence-electron chi connectivity index (χ3n) is 0.543. The molecule has 0 aliphatic carbocycles. The summed E-state index contributed by atoms with van der Waals surface area (Å²) in [5.41, 5.74) is 0.397. The van der Waals surface area contributed by atoms with Gasteiger partial charge in [0, 0.05) is 0 Å². The van der Waals surface area contributed by atoms with Crippen LogP contribution in [0.2, 0.25) is 0 Å². The van der Waals surface area contributed by atoms with Crippen molar-refractivity contribution in [1.82, 2.24) is 0 Å². The lowest BCUT2D eigenvalue weighted by molar-refractivity contribution is 0.318. The van der Waals surface area contributed by atoms with Crippen LogP contribution in [-0.2, 0) is 4.79 Å². The molecule has 0 aliphatic rings. The molecule has 44 valence electrons. The Bertz CT molecular complexity index is 135. The zero-order valence-corrected chi connectivity index (χ0v) is 4.46. The van der Waals surface area contributed by atoms with Gasteiger partial charge in [-0.05, 0) is 6.92 Å². The van der Waals surface area contributed by atoms with Crippen LogP contribution in [0.5, 0.6) is 0 Å². The summed E-state index contributed by atoms with van der Waals surface area (Å²) < 4.78 is 0. The van der Waals surface area contributed by atoms with Gasteiger partial charge in [-0.1, -0.05) is 5.16 Å². The summed E-state index contributed by atoms with van der Waals surface area (Å²) in [6, 6.07) is 0. The molecule has 0 rings (SSSR count). The van der Waals surface area contributed by atoms with Crippen molar-refractivity contribution in [3.05, 3.63) is 0 Å². The zero-order valence-electron chi connectivity index (χ0n) is 4.46. The third kappa shape index (κ3) is 3.06. The third-order valence-corrected chi connectivity index (χ3v) is 0.543. The molecule has 0 saturated heterocycles. The van der Waals surface area contributed by atoms with E-state index < -0.39 is 0 Å². The van der Waals surface area contributed by atoms with Gasteiger partial charge < -0.3 is 5.21 Å². The van der Waals surface area contributed by atoms with Crippen molar-refractivity contribution >= 4 is 11.8 Å². The van der Waals surface area contributed by atoms with Crippen LogP contribution in [0.3, 0.4) is 0 Å². The highest BCUT2D eigenvalue weighted by atomic mass is 16.4. The van der Waals surface area contributed by atoms with E-state index in [4.69, 9.17) is 5.21 Å². The minimum atomic E-state index is 0.125. The molecular weight excluding hydrogens is 108 g/mol. The second-order valence-corrected chi connectivity index (χ2v) is 1.24. The largest absolute Gasteiger partial charge is 0.411 e. The predicted molar refractivity (Wildman–Crippen MR) is 27.9 cm³/mol. The first-order valence-electron chi connectivity index (χ1n) is 2.02. The van der Waals surface area contributed by atoms with Gasteiger partial charge in [0.1, 0.15) is 0 Å². The van der Waals surface area contributed by atoms with Crippen LogP contribution in [0.1, 0.15) is 6.92 Å². The molecule has 4 heteroatoms. The smallest absolute Gasteiger partial charge is 0.235 e. The molecule has 0 heterocycles. The minimum absolute atomic E-state index is 0.125. The molecule has 0 spiro atoms. The molecule has 0 radical (unpaired) electrons. The van der Waals surface area contributed by atoms with E-state index in [1.54, 1.807) is 6.92 Å². The van der Waals surface area contributed by atoms with Crippen molar-refractivity contribution in [3.63, 3.8) is 0 Å². The topological polar surface area (TPSA) is 62.0 Å². The van der Waals surface area contributed by atoms with Gasteiger partial charge in [-0.2, -0.15) is 4.99 Å². The van der Waals surface area contributed by atoms with Crippen LogP contribution in [0.4, 0.5) is 0 Å². The van der Waals surface area contributed by atoms with Crippen LogP contribution in [0, 0.1) is 0 Å². The SMILES string of the molecule is C/C(CN=C=O)=N\O. The number of nitrogens with zero attached hydrogens (tertiary/aromatic N) is 2. The first-order chi connectivity index (χ1) is 3.81. The monoisotopic (exact) mass is 114 g/mol. The fraction of sp³-hybridized carbons (Fsp3) is 0.500. The van der Waals surface area contributed by atoms with Crippen molar-refractivity contribution in [3.8, 4) is 0 Å². The van der Waals surface area contributed by atoms with Gasteiger partial charge in [0.05, 0.1) is 12.3 Å². The number of isocyanates is 1. The van der Waals surface area contributed by atoms with E-state index in [-0.39, 0.29) is 6.54 Å². The van der Waals surface area contributed by atoms with Gasteiger partial charge in [-0.3, -0.25) is 0 Å². The van der Waals surface area contributed by atoms with Crippen molar-refractivity contribution in [2.24, 2.45) is 10.1 Å². The summed E-state index contributed by atoms with van der Waals surface area (Å²) in [5, 5.41) is 10.7. The quantitative estimate of drug-likeness (QED) is 0.241. The van der Waals surface area contributed by atoms with E-state index >= 15 is 0 Å². The van der Waals surface area contributed by atoms with Gasteiger partial charge in [-0.15, -0.1) is 0 Å². The number of oxime groups is 1. The number of rotatable bonds is 2. The fourth-order valence-electron chi connectivity index (χ4n) is 0.178. The van der Waals surface area contributed by atoms with Crippen molar-refractivity contribution in [2.45, 2.75) is 6.92 Å². The van der Waals surface area contributed by atoms with Crippen LogP contribution in [0.25, 0.3) is 0 Å². The molecule has 0 amide bonds. The maximum atomic E-state index is 9.40. The minimum Gasteiger partial charge on any atom is -0.411 e. The lowest BCUT2D eigenvalue weighted by atomic mass is 10.4. The van der Waals surface area contributed by atoms with E-state index in [2.05, 4.69) is 10.1 Å². The van der Waals surface area contributed by atoms with E-state index in [0.29, 0.717) is 5.71 Å². The van der Waals surface area contributed by atoms with E-state index in [0.717, 1.165) is 0 Å². The Morgan fingerprint density at radius 2 is 2.50 bits per heavy atom. The number of carbonyl (C=O) groups excluding carboxylic acids is 1. The van der Waals surface area contributed by atoms with E-state index in [9.17, 15) is 4.79 Å². The van der Waals surface area contributed by atoms with Crippen LogP contribution >= 0.6 is 0 Å². The fourth-order valence-corrected chi connectivity index (χ4v) is 0.178. The number of hydrogen-bond acceptors (Lipinski definition) is 4. The Kier molecular flexibility index (Phi) is 3.44.